The van der Waals surface area contributed by atoms with Gasteiger partial charge >= 0.3 is 6.94 Å². The monoisotopic (exact) mass is 228 g/mol. The van der Waals surface area contributed by atoms with Gasteiger partial charge in [0.25, 0.3) is 0 Å². The van der Waals surface area contributed by atoms with Gasteiger partial charge in [-0.1, -0.05) is 33.1 Å². The molecule has 12 heavy (non-hydrogen) atoms. The number of unbranched alkanes of at least 4 members (excludes halogenated alkanes) is 2. The van der Waals surface area contributed by atoms with Crippen molar-refractivity contribution in [1.82, 2.24) is 0 Å². The number of rotatable bonds is 7. The largest absolute Gasteiger partial charge is 0.392 e. The van der Waals surface area contributed by atoms with E-state index in [1.54, 1.807) is 0 Å². The van der Waals surface area contributed by atoms with Crippen LogP contribution in [0.2, 0.25) is 6.04 Å². The van der Waals surface area contributed by atoms with Gasteiger partial charge in [-0.2, -0.15) is 0 Å². The van der Waals surface area contributed by atoms with E-state index in [9.17, 15) is 0 Å². The highest BCUT2D eigenvalue weighted by molar-refractivity contribution is 7.42. The summed E-state index contributed by atoms with van der Waals surface area (Å²) in [6.07, 6.45) is 4.39. The van der Waals surface area contributed by atoms with E-state index in [-0.39, 0.29) is 0 Å². The molecule has 0 aliphatic rings. The first-order chi connectivity index (χ1) is 5.62. The van der Waals surface area contributed by atoms with Crippen molar-refractivity contribution < 1.29 is 4.43 Å². The standard InChI is InChI=1S/C8H18Cl2OSi/c1-3-5-7-11-12(9,10)8-6-4-2/h3-8H2,1-2H3. The maximum Gasteiger partial charge on any atom is 0.389 e. The molecule has 4 heteroatoms. The van der Waals surface area contributed by atoms with Crippen molar-refractivity contribution in [3.63, 3.8) is 0 Å². The summed E-state index contributed by atoms with van der Waals surface area (Å²) in [5.74, 6) is 0. The lowest BCUT2D eigenvalue weighted by molar-refractivity contribution is 0.314. The van der Waals surface area contributed by atoms with Gasteiger partial charge in [0.15, 0.2) is 0 Å². The molecule has 0 aliphatic heterocycles. The zero-order valence-electron chi connectivity index (χ0n) is 7.91. The van der Waals surface area contributed by atoms with Crippen LogP contribution in [0, 0.1) is 0 Å². The minimum absolute atomic E-state index is 0.722. The second kappa shape index (κ2) is 7.19. The quantitative estimate of drug-likeness (QED) is 0.364. The first kappa shape index (κ1) is 12.8. The minimum Gasteiger partial charge on any atom is -0.392 e. The average molecular weight is 229 g/mol. The van der Waals surface area contributed by atoms with E-state index < -0.39 is 6.94 Å². The van der Waals surface area contributed by atoms with E-state index in [0.29, 0.717) is 0 Å². The van der Waals surface area contributed by atoms with E-state index in [0.717, 1.165) is 38.3 Å². The molecule has 0 saturated carbocycles. The molecular weight excluding hydrogens is 211 g/mol. The van der Waals surface area contributed by atoms with Gasteiger partial charge in [0, 0.05) is 6.61 Å². The van der Waals surface area contributed by atoms with E-state index in [2.05, 4.69) is 13.8 Å². The summed E-state index contributed by atoms with van der Waals surface area (Å²) in [7, 11) is 0. The summed E-state index contributed by atoms with van der Waals surface area (Å²) >= 11 is 12.1. The average Bonchev–Trinajstić information content (AvgIpc) is 2.01. The van der Waals surface area contributed by atoms with Crippen LogP contribution < -0.4 is 0 Å². The van der Waals surface area contributed by atoms with Crippen LogP contribution in [0.4, 0.5) is 0 Å². The fraction of sp³-hybridized carbons (Fsp3) is 1.00. The summed E-state index contributed by atoms with van der Waals surface area (Å²) in [5, 5.41) is 0. The molecule has 1 nitrogen and oxygen atoms in total. The third-order valence-corrected chi connectivity index (χ3v) is 4.98. The molecule has 0 spiro atoms. The second-order valence-corrected chi connectivity index (χ2v) is 9.25. The summed E-state index contributed by atoms with van der Waals surface area (Å²) < 4.78 is 5.44. The molecule has 0 aliphatic carbocycles. The predicted molar refractivity (Wildman–Crippen MR) is 58.0 cm³/mol. The van der Waals surface area contributed by atoms with Crippen molar-refractivity contribution in [2.75, 3.05) is 6.61 Å². The highest BCUT2D eigenvalue weighted by Gasteiger charge is 2.29. The van der Waals surface area contributed by atoms with Gasteiger partial charge in [-0.25, -0.2) is 0 Å². The molecule has 0 aromatic carbocycles. The maximum atomic E-state index is 6.03. The SMILES string of the molecule is CCCCO[Si](Cl)(Cl)CCCC. The summed E-state index contributed by atoms with van der Waals surface area (Å²) in [4.78, 5) is 0. The van der Waals surface area contributed by atoms with Crippen LogP contribution in [0.25, 0.3) is 0 Å². The van der Waals surface area contributed by atoms with Gasteiger partial charge in [-0.05, 0) is 12.5 Å². The van der Waals surface area contributed by atoms with Crippen molar-refractivity contribution in [3.8, 4) is 0 Å². The van der Waals surface area contributed by atoms with Gasteiger partial charge in [0.2, 0.25) is 0 Å². The van der Waals surface area contributed by atoms with Crippen LogP contribution >= 0.6 is 22.2 Å². The van der Waals surface area contributed by atoms with Crippen molar-refractivity contribution in [2.24, 2.45) is 0 Å². The Morgan fingerprint density at radius 2 is 1.67 bits per heavy atom. The Hall–Kier alpha value is 0.757. The van der Waals surface area contributed by atoms with Crippen molar-refractivity contribution in [2.45, 2.75) is 45.6 Å². The molecule has 0 aromatic heterocycles. The Bertz CT molecular complexity index is 109. The summed E-state index contributed by atoms with van der Waals surface area (Å²) in [6, 6.07) is 0.857. The molecule has 0 bridgehead atoms. The molecule has 0 atom stereocenters. The fourth-order valence-electron chi connectivity index (χ4n) is 0.821. The molecule has 0 amide bonds. The molecule has 0 aromatic rings. The van der Waals surface area contributed by atoms with Crippen LogP contribution in [0.1, 0.15) is 39.5 Å². The van der Waals surface area contributed by atoms with Crippen LogP contribution in [-0.4, -0.2) is 13.5 Å². The Labute approximate surface area is 85.9 Å². The first-order valence-electron chi connectivity index (χ1n) is 4.64. The maximum absolute atomic E-state index is 6.03. The van der Waals surface area contributed by atoms with E-state index in [1.165, 1.54) is 0 Å². The van der Waals surface area contributed by atoms with Gasteiger partial charge in [0.05, 0.1) is 0 Å². The van der Waals surface area contributed by atoms with Crippen LogP contribution in [0.3, 0.4) is 0 Å². The zero-order chi connectivity index (χ0) is 9.45. The molecule has 0 unspecified atom stereocenters. The zero-order valence-corrected chi connectivity index (χ0v) is 10.4. The first-order valence-corrected chi connectivity index (χ1v) is 8.78. The van der Waals surface area contributed by atoms with E-state index in [4.69, 9.17) is 26.6 Å². The minimum atomic E-state index is -2.32. The molecule has 0 heterocycles. The molecule has 0 saturated heterocycles. The van der Waals surface area contributed by atoms with Crippen LogP contribution in [0.5, 0.6) is 0 Å². The highest BCUT2D eigenvalue weighted by Crippen LogP contribution is 2.24. The molecule has 0 rings (SSSR count). The Balaban J connectivity index is 3.42. The fourth-order valence-corrected chi connectivity index (χ4v) is 3.44. The van der Waals surface area contributed by atoms with Gasteiger partial charge in [-0.15, -0.1) is 22.2 Å². The van der Waals surface area contributed by atoms with Crippen molar-refractivity contribution >= 4 is 29.1 Å². The smallest absolute Gasteiger partial charge is 0.389 e. The molecule has 0 radical (unpaired) electrons. The third kappa shape index (κ3) is 7.41. The van der Waals surface area contributed by atoms with Crippen LogP contribution in [-0.2, 0) is 4.43 Å². The number of hydrogen-bond acceptors (Lipinski definition) is 1. The Morgan fingerprint density at radius 3 is 2.17 bits per heavy atom. The lowest BCUT2D eigenvalue weighted by atomic mass is 10.4. The normalized spacial score (nSPS) is 12.0. The molecular formula is C8H18Cl2OSi. The predicted octanol–water partition coefficient (Wildman–Crippen LogP) is 4.02. The highest BCUT2D eigenvalue weighted by atomic mass is 35.7. The Kier molecular flexibility index (Phi) is 7.64. The second-order valence-electron chi connectivity index (χ2n) is 2.94. The van der Waals surface area contributed by atoms with Gasteiger partial charge < -0.3 is 4.43 Å². The number of hydrogen-bond donors (Lipinski definition) is 0. The molecule has 74 valence electrons. The lowest BCUT2D eigenvalue weighted by Crippen LogP contribution is -2.24. The van der Waals surface area contributed by atoms with E-state index in [1.807, 2.05) is 0 Å². The van der Waals surface area contributed by atoms with E-state index >= 15 is 0 Å². The van der Waals surface area contributed by atoms with Gasteiger partial charge in [-0.3, -0.25) is 0 Å². The van der Waals surface area contributed by atoms with Crippen LogP contribution in [0.15, 0.2) is 0 Å². The lowest BCUT2D eigenvalue weighted by Gasteiger charge is -2.16. The molecule has 0 N–H and O–H groups in total. The summed E-state index contributed by atoms with van der Waals surface area (Å²) in [6.45, 7) is 2.66. The third-order valence-electron chi connectivity index (χ3n) is 1.63. The Morgan fingerprint density at radius 1 is 1.08 bits per heavy atom. The summed E-state index contributed by atoms with van der Waals surface area (Å²) in [5.41, 5.74) is 0. The number of halogens is 2. The topological polar surface area (TPSA) is 9.23 Å². The molecule has 0 fully saturated rings. The van der Waals surface area contributed by atoms with Crippen molar-refractivity contribution in [1.29, 1.82) is 0 Å². The van der Waals surface area contributed by atoms with Crippen molar-refractivity contribution in [3.05, 3.63) is 0 Å². The van der Waals surface area contributed by atoms with Gasteiger partial charge in [0.1, 0.15) is 0 Å².